The summed E-state index contributed by atoms with van der Waals surface area (Å²) in [6.07, 6.45) is 1.57. The monoisotopic (exact) mass is 286 g/mol. The number of esters is 1. The van der Waals surface area contributed by atoms with Crippen molar-refractivity contribution in [1.82, 2.24) is 0 Å². The summed E-state index contributed by atoms with van der Waals surface area (Å²) in [6.45, 7) is 3.72. The molecular formula is C12H14O3Se. The summed E-state index contributed by atoms with van der Waals surface area (Å²) in [5, 5.41) is 0. The van der Waals surface area contributed by atoms with E-state index in [0.29, 0.717) is 11.1 Å². The van der Waals surface area contributed by atoms with Crippen LogP contribution >= 0.6 is 0 Å². The molecule has 0 bridgehead atoms. The van der Waals surface area contributed by atoms with Crippen molar-refractivity contribution in [2.75, 3.05) is 6.61 Å². The number of rotatable bonds is 4. The van der Waals surface area contributed by atoms with Gasteiger partial charge in [-0.1, -0.05) is 0 Å². The summed E-state index contributed by atoms with van der Waals surface area (Å²) in [5.74, 6) is -0.478. The van der Waals surface area contributed by atoms with Gasteiger partial charge >= 0.3 is 99.0 Å². The van der Waals surface area contributed by atoms with Gasteiger partial charge in [0.1, 0.15) is 0 Å². The molecule has 16 heavy (non-hydrogen) atoms. The molecule has 0 spiro atoms. The topological polar surface area (TPSA) is 43.4 Å². The SMILES string of the molecule is C/C=C(\C(=O)OCC)[Se](=O)c1ccccc1. The molecule has 0 fully saturated rings. The number of carbonyl (C=O) groups is 1. The van der Waals surface area contributed by atoms with Crippen molar-refractivity contribution < 1.29 is 13.4 Å². The van der Waals surface area contributed by atoms with Crippen molar-refractivity contribution in [3.63, 3.8) is 0 Å². The van der Waals surface area contributed by atoms with Crippen LogP contribution < -0.4 is 4.46 Å². The molecule has 3 nitrogen and oxygen atoms in total. The van der Waals surface area contributed by atoms with Crippen molar-refractivity contribution in [3.05, 3.63) is 40.9 Å². The third-order valence-electron chi connectivity index (χ3n) is 1.90. The number of carbonyl (C=O) groups excluding carboxylic acids is 1. The van der Waals surface area contributed by atoms with Crippen LogP contribution in [0.15, 0.2) is 40.9 Å². The number of hydrogen-bond acceptors (Lipinski definition) is 3. The molecule has 0 aliphatic heterocycles. The molecule has 1 unspecified atom stereocenters. The summed E-state index contributed by atoms with van der Waals surface area (Å²) in [6, 6.07) is 8.99. The molecule has 1 aromatic rings. The third-order valence-corrected chi connectivity index (χ3v) is 5.05. The molecule has 0 aromatic heterocycles. The third kappa shape index (κ3) is 3.12. The van der Waals surface area contributed by atoms with Crippen molar-refractivity contribution in [2.45, 2.75) is 13.8 Å². The number of benzene rings is 1. The van der Waals surface area contributed by atoms with Crippen LogP contribution in [0.5, 0.6) is 0 Å². The van der Waals surface area contributed by atoms with Crippen LogP contribution in [0, 0.1) is 0 Å². The molecule has 0 N–H and O–H groups in total. The Morgan fingerprint density at radius 1 is 1.38 bits per heavy atom. The Morgan fingerprint density at radius 2 is 2.00 bits per heavy atom. The van der Waals surface area contributed by atoms with Crippen molar-refractivity contribution in [3.8, 4) is 0 Å². The van der Waals surface area contributed by atoms with E-state index in [4.69, 9.17) is 4.74 Å². The van der Waals surface area contributed by atoms with Crippen LogP contribution in [0.1, 0.15) is 13.8 Å². The molecular weight excluding hydrogens is 271 g/mol. The predicted octanol–water partition coefficient (Wildman–Crippen LogP) is 1.36. The average Bonchev–Trinajstić information content (AvgIpc) is 2.31. The van der Waals surface area contributed by atoms with E-state index in [1.165, 1.54) is 0 Å². The molecule has 1 atom stereocenters. The van der Waals surface area contributed by atoms with Crippen LogP contribution in [0.25, 0.3) is 0 Å². The summed E-state index contributed by atoms with van der Waals surface area (Å²) in [5.41, 5.74) is 0. The summed E-state index contributed by atoms with van der Waals surface area (Å²) in [7, 11) is 0. The van der Waals surface area contributed by atoms with E-state index in [1.54, 1.807) is 32.1 Å². The molecule has 1 rings (SSSR count). The van der Waals surface area contributed by atoms with Gasteiger partial charge < -0.3 is 0 Å². The van der Waals surface area contributed by atoms with Crippen LogP contribution in [-0.2, 0) is 13.4 Å². The van der Waals surface area contributed by atoms with Gasteiger partial charge in [0.2, 0.25) is 0 Å². The minimum absolute atomic E-state index is 0.285. The molecule has 86 valence electrons. The molecule has 0 aliphatic rings. The van der Waals surface area contributed by atoms with Gasteiger partial charge in [-0.3, -0.25) is 0 Å². The van der Waals surface area contributed by atoms with Crippen LogP contribution in [0.4, 0.5) is 0 Å². The Kier molecular flexibility index (Phi) is 5.09. The zero-order valence-corrected chi connectivity index (χ0v) is 11.0. The van der Waals surface area contributed by atoms with E-state index < -0.39 is 19.8 Å². The quantitative estimate of drug-likeness (QED) is 0.476. The van der Waals surface area contributed by atoms with Gasteiger partial charge in [-0.05, 0) is 0 Å². The summed E-state index contributed by atoms with van der Waals surface area (Å²) >= 11 is -2.48. The first-order valence-electron chi connectivity index (χ1n) is 5.01. The first kappa shape index (κ1) is 12.8. The van der Waals surface area contributed by atoms with E-state index in [1.807, 2.05) is 18.2 Å². The second-order valence-electron chi connectivity index (χ2n) is 2.96. The maximum absolute atomic E-state index is 12.1. The maximum atomic E-state index is 12.1. The number of ether oxygens (including phenoxy) is 1. The standard InChI is InChI=1S/C12H14O3Se/c1-3-11(12(13)15-4-2)16(14)10-8-6-5-7-9-10/h3,5-9H,4H2,1-2H3/b11-3+. The molecule has 1 aromatic carbocycles. The Balaban J connectivity index is 2.92. The Morgan fingerprint density at radius 3 is 2.50 bits per heavy atom. The Hall–Kier alpha value is -1.25. The van der Waals surface area contributed by atoms with Gasteiger partial charge in [0.25, 0.3) is 0 Å². The van der Waals surface area contributed by atoms with Gasteiger partial charge in [0, 0.05) is 0 Å². The van der Waals surface area contributed by atoms with E-state index in [0.717, 1.165) is 0 Å². The van der Waals surface area contributed by atoms with Crippen LogP contribution in [-0.4, -0.2) is 26.4 Å². The van der Waals surface area contributed by atoms with Crippen molar-refractivity contribution >= 4 is 24.3 Å². The Bertz CT molecular complexity index is 410. The molecule has 0 radical (unpaired) electrons. The Labute approximate surface area is 99.2 Å². The van der Waals surface area contributed by atoms with Gasteiger partial charge in [0.15, 0.2) is 0 Å². The van der Waals surface area contributed by atoms with E-state index in [-0.39, 0.29) is 4.47 Å². The fraction of sp³-hybridized carbons (Fsp3) is 0.250. The number of allylic oxidation sites excluding steroid dienone is 1. The van der Waals surface area contributed by atoms with Crippen LogP contribution in [0.3, 0.4) is 0 Å². The van der Waals surface area contributed by atoms with E-state index in [2.05, 4.69) is 0 Å². The first-order chi connectivity index (χ1) is 7.70. The second kappa shape index (κ2) is 6.36. The van der Waals surface area contributed by atoms with Gasteiger partial charge in [-0.15, -0.1) is 0 Å². The zero-order valence-electron chi connectivity index (χ0n) is 9.30. The first-order valence-corrected chi connectivity index (χ1v) is 7.42. The van der Waals surface area contributed by atoms with Gasteiger partial charge in [-0.2, -0.15) is 0 Å². The molecule has 0 amide bonds. The van der Waals surface area contributed by atoms with E-state index in [9.17, 15) is 8.63 Å². The van der Waals surface area contributed by atoms with Gasteiger partial charge in [0.05, 0.1) is 0 Å². The second-order valence-corrected chi connectivity index (χ2v) is 5.99. The van der Waals surface area contributed by atoms with Crippen LogP contribution in [0.2, 0.25) is 0 Å². The molecule has 0 saturated heterocycles. The van der Waals surface area contributed by atoms with Gasteiger partial charge in [-0.25, -0.2) is 0 Å². The van der Waals surface area contributed by atoms with E-state index >= 15 is 0 Å². The van der Waals surface area contributed by atoms with Crippen molar-refractivity contribution in [2.24, 2.45) is 0 Å². The molecule has 0 heterocycles. The summed E-state index contributed by atoms with van der Waals surface area (Å²) in [4.78, 5) is 11.5. The fourth-order valence-corrected chi connectivity index (χ4v) is 3.45. The molecule has 0 saturated carbocycles. The molecule has 4 heteroatoms. The predicted molar refractivity (Wildman–Crippen MR) is 62.9 cm³/mol. The molecule has 0 aliphatic carbocycles. The number of hydrogen-bond donors (Lipinski definition) is 0. The average molecular weight is 285 g/mol. The minimum atomic E-state index is -2.48. The summed E-state index contributed by atoms with van der Waals surface area (Å²) < 4.78 is 18.0. The van der Waals surface area contributed by atoms with Crippen molar-refractivity contribution in [1.29, 1.82) is 0 Å². The fourth-order valence-electron chi connectivity index (χ4n) is 1.17. The normalized spacial score (nSPS) is 13.2. The zero-order chi connectivity index (χ0) is 12.0.